The summed E-state index contributed by atoms with van der Waals surface area (Å²) in [6.07, 6.45) is 1.83. The van der Waals surface area contributed by atoms with Crippen LogP contribution in [0.4, 0.5) is 5.13 Å². The molecule has 0 spiro atoms. The predicted molar refractivity (Wildman–Crippen MR) is 68.1 cm³/mol. The fourth-order valence-corrected chi connectivity index (χ4v) is 4.19. The minimum atomic E-state index is 0.639. The summed E-state index contributed by atoms with van der Waals surface area (Å²) in [4.78, 5) is 5.36. The normalized spacial score (nSPS) is 10.6. The van der Waals surface area contributed by atoms with Crippen molar-refractivity contribution < 1.29 is 0 Å². The smallest absolute Gasteiger partial charge is 0.181 e. The summed E-state index contributed by atoms with van der Waals surface area (Å²) >= 11 is 8.51. The monoisotopic (exact) mass is 306 g/mol. The first-order valence-electron chi connectivity index (χ1n) is 3.82. The van der Waals surface area contributed by atoms with Crippen LogP contribution in [0.1, 0.15) is 4.88 Å². The van der Waals surface area contributed by atoms with Crippen molar-refractivity contribution in [2.75, 3.05) is 5.73 Å². The molecule has 6 heteroatoms. The van der Waals surface area contributed by atoms with Gasteiger partial charge in [-0.05, 0) is 28.1 Å². The Kier molecular flexibility index (Phi) is 3.48. The van der Waals surface area contributed by atoms with Crippen molar-refractivity contribution in [3.63, 3.8) is 0 Å². The Morgan fingerprint density at radius 2 is 2.29 bits per heavy atom. The summed E-state index contributed by atoms with van der Waals surface area (Å²) < 4.78 is 2.35. The second-order valence-corrected chi connectivity index (χ2v) is 7.40. The lowest BCUT2D eigenvalue weighted by Gasteiger charge is -1.92. The summed E-state index contributed by atoms with van der Waals surface area (Å²) in [5, 5.41) is 0.639. The topological polar surface area (TPSA) is 38.9 Å². The molecular formula is C8H7BrN2S3. The van der Waals surface area contributed by atoms with Crippen LogP contribution in [-0.2, 0) is 5.75 Å². The van der Waals surface area contributed by atoms with Crippen molar-refractivity contribution in [3.8, 4) is 0 Å². The minimum Gasteiger partial charge on any atom is -0.375 e. The van der Waals surface area contributed by atoms with E-state index in [2.05, 4.69) is 33.0 Å². The van der Waals surface area contributed by atoms with Crippen LogP contribution in [0.5, 0.6) is 0 Å². The van der Waals surface area contributed by atoms with E-state index in [1.54, 1.807) is 23.1 Å². The van der Waals surface area contributed by atoms with Crippen molar-refractivity contribution in [2.45, 2.75) is 9.96 Å². The van der Waals surface area contributed by atoms with Crippen molar-refractivity contribution in [1.82, 2.24) is 4.98 Å². The van der Waals surface area contributed by atoms with Crippen molar-refractivity contribution in [3.05, 3.63) is 27.0 Å². The zero-order chi connectivity index (χ0) is 9.97. The molecule has 0 amide bonds. The lowest BCUT2D eigenvalue weighted by molar-refractivity contribution is 1.37. The van der Waals surface area contributed by atoms with Gasteiger partial charge in [-0.2, -0.15) is 0 Å². The number of rotatable bonds is 3. The zero-order valence-electron chi connectivity index (χ0n) is 7.07. The number of nitrogens with two attached hydrogens (primary N) is 1. The van der Waals surface area contributed by atoms with E-state index in [-0.39, 0.29) is 0 Å². The molecule has 0 fully saturated rings. The number of anilines is 1. The maximum absolute atomic E-state index is 5.54. The maximum Gasteiger partial charge on any atom is 0.181 e. The van der Waals surface area contributed by atoms with Crippen LogP contribution in [0.3, 0.4) is 0 Å². The molecule has 0 unspecified atom stereocenters. The van der Waals surface area contributed by atoms with Crippen LogP contribution in [0.15, 0.2) is 26.3 Å². The number of aromatic nitrogens is 1. The molecule has 0 saturated heterocycles. The fraction of sp³-hybridized carbons (Fsp3) is 0.125. The van der Waals surface area contributed by atoms with E-state index in [1.165, 1.54) is 24.2 Å². The molecule has 2 aromatic heterocycles. The third kappa shape index (κ3) is 2.73. The molecule has 2 aromatic rings. The first-order chi connectivity index (χ1) is 6.74. The number of nitrogens with zero attached hydrogens (tertiary/aromatic N) is 1. The van der Waals surface area contributed by atoms with E-state index in [0.717, 1.165) is 5.75 Å². The van der Waals surface area contributed by atoms with Gasteiger partial charge < -0.3 is 5.73 Å². The first-order valence-corrected chi connectivity index (χ1v) is 7.23. The molecule has 2 rings (SSSR count). The third-order valence-corrected chi connectivity index (χ3v) is 5.36. The predicted octanol–water partition coefficient (Wildman–Crippen LogP) is 3.84. The quantitative estimate of drug-likeness (QED) is 0.876. The van der Waals surface area contributed by atoms with Gasteiger partial charge in [0.2, 0.25) is 0 Å². The minimum absolute atomic E-state index is 0.639. The highest BCUT2D eigenvalue weighted by molar-refractivity contribution is 9.11. The molecule has 0 radical (unpaired) electrons. The molecule has 0 bridgehead atoms. The van der Waals surface area contributed by atoms with Crippen LogP contribution in [0.2, 0.25) is 0 Å². The average molecular weight is 307 g/mol. The Balaban J connectivity index is 1.94. The number of hydrogen-bond donors (Lipinski definition) is 1. The van der Waals surface area contributed by atoms with Gasteiger partial charge in [-0.3, -0.25) is 0 Å². The molecule has 0 aliphatic heterocycles. The largest absolute Gasteiger partial charge is 0.375 e. The van der Waals surface area contributed by atoms with Gasteiger partial charge in [-0.15, -0.1) is 23.1 Å². The van der Waals surface area contributed by atoms with Crippen LogP contribution in [-0.4, -0.2) is 4.98 Å². The second-order valence-electron chi connectivity index (χ2n) is 2.51. The average Bonchev–Trinajstić information content (AvgIpc) is 2.72. The molecule has 0 aliphatic rings. The van der Waals surface area contributed by atoms with E-state index >= 15 is 0 Å². The highest BCUT2D eigenvalue weighted by Crippen LogP contribution is 2.32. The van der Waals surface area contributed by atoms with Gasteiger partial charge in [0.1, 0.15) is 0 Å². The van der Waals surface area contributed by atoms with Gasteiger partial charge in [0.25, 0.3) is 0 Å². The molecule has 2 N–H and O–H groups in total. The third-order valence-electron chi connectivity index (χ3n) is 1.49. The highest BCUT2D eigenvalue weighted by atomic mass is 79.9. The number of thiophene rings is 1. The maximum atomic E-state index is 5.54. The molecule has 2 nitrogen and oxygen atoms in total. The number of nitrogen functional groups attached to an aromatic ring is 1. The summed E-state index contributed by atoms with van der Waals surface area (Å²) in [6, 6.07) is 4.20. The van der Waals surface area contributed by atoms with Gasteiger partial charge in [0.05, 0.1) is 14.2 Å². The lowest BCUT2D eigenvalue weighted by atomic mass is 10.5. The van der Waals surface area contributed by atoms with Gasteiger partial charge in [0.15, 0.2) is 5.13 Å². The summed E-state index contributed by atoms with van der Waals surface area (Å²) in [7, 11) is 0. The van der Waals surface area contributed by atoms with Crippen molar-refractivity contribution in [1.29, 1.82) is 0 Å². The van der Waals surface area contributed by atoms with Crippen LogP contribution >= 0.6 is 50.4 Å². The summed E-state index contributed by atoms with van der Waals surface area (Å²) in [5.41, 5.74) is 5.54. The van der Waals surface area contributed by atoms with Gasteiger partial charge in [0, 0.05) is 10.6 Å². The van der Waals surface area contributed by atoms with Crippen LogP contribution in [0.25, 0.3) is 0 Å². The van der Waals surface area contributed by atoms with Gasteiger partial charge in [-0.25, -0.2) is 4.98 Å². The molecule has 0 atom stereocenters. The number of thiazole rings is 1. The zero-order valence-corrected chi connectivity index (χ0v) is 11.1. The van der Waals surface area contributed by atoms with E-state index in [4.69, 9.17) is 5.73 Å². The number of hydrogen-bond acceptors (Lipinski definition) is 5. The van der Waals surface area contributed by atoms with Crippen molar-refractivity contribution in [2.24, 2.45) is 0 Å². The van der Waals surface area contributed by atoms with Crippen LogP contribution in [0, 0.1) is 0 Å². The molecule has 14 heavy (non-hydrogen) atoms. The SMILES string of the molecule is Nc1ncc(SCc2ccc(Br)s2)s1. The first kappa shape index (κ1) is 10.5. The second kappa shape index (κ2) is 4.65. The Bertz CT molecular complexity index is 383. The molecule has 2 heterocycles. The highest BCUT2D eigenvalue weighted by Gasteiger charge is 2.02. The van der Waals surface area contributed by atoms with Crippen molar-refractivity contribution >= 4 is 55.5 Å². The van der Waals surface area contributed by atoms with Crippen LogP contribution < -0.4 is 5.73 Å². The van der Waals surface area contributed by atoms with Gasteiger partial charge in [-0.1, -0.05) is 11.3 Å². The number of thioether (sulfide) groups is 1. The molecular weight excluding hydrogens is 300 g/mol. The summed E-state index contributed by atoms with van der Waals surface area (Å²) in [5.74, 6) is 0.984. The van der Waals surface area contributed by atoms with E-state index in [0.29, 0.717) is 5.13 Å². The number of halogens is 1. The Morgan fingerprint density at radius 1 is 1.43 bits per heavy atom. The van der Waals surface area contributed by atoms with E-state index < -0.39 is 0 Å². The molecule has 0 aromatic carbocycles. The molecule has 0 saturated carbocycles. The lowest BCUT2D eigenvalue weighted by Crippen LogP contribution is -1.77. The van der Waals surface area contributed by atoms with E-state index in [1.807, 2.05) is 6.20 Å². The van der Waals surface area contributed by atoms with Gasteiger partial charge >= 0.3 is 0 Å². The Hall–Kier alpha value is -0.0400. The fourth-order valence-electron chi connectivity index (χ4n) is 0.910. The Labute approximate surface area is 103 Å². The molecule has 0 aliphatic carbocycles. The Morgan fingerprint density at radius 3 is 2.86 bits per heavy atom. The van der Waals surface area contributed by atoms with E-state index in [9.17, 15) is 0 Å². The molecule has 74 valence electrons. The standard InChI is InChI=1S/C8H7BrN2S3/c9-6-2-1-5(13-6)4-12-7-3-11-8(10)14-7/h1-3H,4H2,(H2,10,11). The summed E-state index contributed by atoms with van der Waals surface area (Å²) in [6.45, 7) is 0.